The summed E-state index contributed by atoms with van der Waals surface area (Å²) in [6.07, 6.45) is -4.42. The van der Waals surface area contributed by atoms with Gasteiger partial charge in [-0.15, -0.1) is 0 Å². The minimum atomic E-state index is -4.42. The lowest BCUT2D eigenvalue weighted by atomic mass is 10.0. The highest BCUT2D eigenvalue weighted by molar-refractivity contribution is 7.89. The van der Waals surface area contributed by atoms with Crippen LogP contribution in [0.25, 0.3) is 27.7 Å². The molecule has 154 valence electrons. The molecule has 1 aromatic heterocycles. The second-order valence-electron chi connectivity index (χ2n) is 6.93. The molecule has 1 heterocycles. The SMILES string of the molecule is Cc1c(-c2ccccc2)c2cc(S(N)(=O)=O)ccc2n1-c1ccc(C(F)(F)F)cc1. The van der Waals surface area contributed by atoms with Gasteiger partial charge in [-0.2, -0.15) is 13.2 Å². The van der Waals surface area contributed by atoms with Gasteiger partial charge in [0, 0.05) is 22.3 Å². The maximum Gasteiger partial charge on any atom is 0.416 e. The first-order chi connectivity index (χ1) is 14.1. The summed E-state index contributed by atoms with van der Waals surface area (Å²) in [4.78, 5) is -0.0308. The molecule has 0 aliphatic carbocycles. The van der Waals surface area contributed by atoms with Crippen LogP contribution in [-0.2, 0) is 16.2 Å². The number of rotatable bonds is 3. The summed E-state index contributed by atoms with van der Waals surface area (Å²) in [5, 5.41) is 5.95. The van der Waals surface area contributed by atoms with Crippen LogP contribution in [0.3, 0.4) is 0 Å². The van der Waals surface area contributed by atoms with Gasteiger partial charge in [0.05, 0.1) is 16.0 Å². The molecule has 4 nitrogen and oxygen atoms in total. The van der Waals surface area contributed by atoms with Gasteiger partial charge in [0.1, 0.15) is 0 Å². The molecular weight excluding hydrogens is 413 g/mol. The second-order valence-corrected chi connectivity index (χ2v) is 8.49. The van der Waals surface area contributed by atoms with Crippen molar-refractivity contribution in [2.24, 2.45) is 5.14 Å². The van der Waals surface area contributed by atoms with Gasteiger partial charge in [-0.25, -0.2) is 13.6 Å². The van der Waals surface area contributed by atoms with Crippen molar-refractivity contribution in [3.05, 3.63) is 84.1 Å². The summed E-state index contributed by atoms with van der Waals surface area (Å²) in [6.45, 7) is 1.84. The van der Waals surface area contributed by atoms with E-state index in [4.69, 9.17) is 5.14 Å². The summed E-state index contributed by atoms with van der Waals surface area (Å²) in [5.41, 5.74) is 2.88. The van der Waals surface area contributed by atoms with Gasteiger partial charge >= 0.3 is 6.18 Å². The lowest BCUT2D eigenvalue weighted by molar-refractivity contribution is -0.137. The molecule has 0 aliphatic heterocycles. The van der Waals surface area contributed by atoms with Crippen LogP contribution in [0.15, 0.2) is 77.7 Å². The van der Waals surface area contributed by atoms with Crippen LogP contribution in [0.4, 0.5) is 13.2 Å². The third kappa shape index (κ3) is 3.48. The Balaban J connectivity index is 2.02. The molecule has 4 rings (SSSR count). The predicted octanol–water partition coefficient (Wildman–Crippen LogP) is 5.27. The van der Waals surface area contributed by atoms with E-state index in [0.717, 1.165) is 29.0 Å². The number of primary sulfonamides is 1. The van der Waals surface area contributed by atoms with Crippen molar-refractivity contribution in [1.82, 2.24) is 4.57 Å². The number of alkyl halides is 3. The summed E-state index contributed by atoms with van der Waals surface area (Å²) in [6, 6.07) is 18.7. The normalized spacial score (nSPS) is 12.4. The summed E-state index contributed by atoms with van der Waals surface area (Å²) in [7, 11) is -3.92. The van der Waals surface area contributed by atoms with Gasteiger partial charge in [0.15, 0.2) is 0 Å². The molecule has 0 radical (unpaired) electrons. The van der Waals surface area contributed by atoms with Crippen LogP contribution in [-0.4, -0.2) is 13.0 Å². The summed E-state index contributed by atoms with van der Waals surface area (Å²) in [5.74, 6) is 0. The Morgan fingerprint density at radius 2 is 1.53 bits per heavy atom. The molecule has 30 heavy (non-hydrogen) atoms. The molecule has 0 atom stereocenters. The Labute approximate surface area is 171 Å². The van der Waals surface area contributed by atoms with Crippen molar-refractivity contribution in [3.8, 4) is 16.8 Å². The summed E-state index contributed by atoms with van der Waals surface area (Å²) >= 11 is 0. The van der Waals surface area contributed by atoms with E-state index in [1.807, 2.05) is 41.8 Å². The fourth-order valence-corrected chi connectivity index (χ4v) is 4.22. The minimum Gasteiger partial charge on any atom is -0.313 e. The van der Waals surface area contributed by atoms with Crippen LogP contribution in [0.5, 0.6) is 0 Å². The molecule has 0 spiro atoms. The third-order valence-electron chi connectivity index (χ3n) is 5.02. The molecule has 0 saturated carbocycles. The quantitative estimate of drug-likeness (QED) is 0.481. The molecule has 8 heteroatoms. The van der Waals surface area contributed by atoms with Crippen molar-refractivity contribution < 1.29 is 21.6 Å². The lowest BCUT2D eigenvalue weighted by Crippen LogP contribution is -2.11. The Morgan fingerprint density at radius 1 is 0.900 bits per heavy atom. The number of halogens is 3. The molecule has 2 N–H and O–H groups in total. The highest BCUT2D eigenvalue weighted by atomic mass is 32.2. The number of aromatic nitrogens is 1. The second kappa shape index (κ2) is 7.00. The highest BCUT2D eigenvalue weighted by Crippen LogP contribution is 2.38. The maximum atomic E-state index is 13.0. The van der Waals surface area contributed by atoms with Gasteiger partial charge in [0.2, 0.25) is 10.0 Å². The van der Waals surface area contributed by atoms with Gasteiger partial charge in [-0.05, 0) is 55.0 Å². The zero-order chi connectivity index (χ0) is 21.7. The number of hydrogen-bond donors (Lipinski definition) is 1. The smallest absolute Gasteiger partial charge is 0.313 e. The van der Waals surface area contributed by atoms with Crippen LogP contribution in [0.2, 0.25) is 0 Å². The monoisotopic (exact) mass is 430 g/mol. The van der Waals surface area contributed by atoms with E-state index in [1.165, 1.54) is 24.3 Å². The molecule has 0 unspecified atom stereocenters. The van der Waals surface area contributed by atoms with Crippen LogP contribution < -0.4 is 5.14 Å². The number of hydrogen-bond acceptors (Lipinski definition) is 2. The summed E-state index contributed by atoms with van der Waals surface area (Å²) < 4.78 is 64.5. The highest BCUT2D eigenvalue weighted by Gasteiger charge is 2.30. The first-order valence-corrected chi connectivity index (χ1v) is 10.5. The average Bonchev–Trinajstić information content (AvgIpc) is 2.98. The van der Waals surface area contributed by atoms with Crippen molar-refractivity contribution in [2.45, 2.75) is 18.0 Å². The molecule has 3 aromatic carbocycles. The Hall–Kier alpha value is -3.10. The number of nitrogens with zero attached hydrogens (tertiary/aromatic N) is 1. The van der Waals surface area contributed by atoms with E-state index in [0.29, 0.717) is 16.6 Å². The van der Waals surface area contributed by atoms with Gasteiger partial charge in [-0.1, -0.05) is 30.3 Å². The zero-order valence-corrected chi connectivity index (χ0v) is 16.6. The first-order valence-electron chi connectivity index (χ1n) is 8.98. The number of fused-ring (bicyclic) bond motifs is 1. The Kier molecular flexibility index (Phi) is 4.71. The molecule has 0 saturated heterocycles. The molecular formula is C22H17F3N2O2S. The van der Waals surface area contributed by atoms with Crippen molar-refractivity contribution in [2.75, 3.05) is 0 Å². The van der Waals surface area contributed by atoms with E-state index in [9.17, 15) is 21.6 Å². The Morgan fingerprint density at radius 3 is 2.10 bits per heavy atom. The van der Waals surface area contributed by atoms with E-state index in [2.05, 4.69) is 0 Å². The van der Waals surface area contributed by atoms with E-state index in [-0.39, 0.29) is 4.90 Å². The average molecular weight is 430 g/mol. The molecule has 0 aliphatic rings. The molecule has 0 fully saturated rings. The Bertz CT molecular complexity index is 1340. The topological polar surface area (TPSA) is 65.1 Å². The van der Waals surface area contributed by atoms with Crippen molar-refractivity contribution in [1.29, 1.82) is 0 Å². The molecule has 4 aromatic rings. The number of sulfonamides is 1. The number of benzene rings is 3. The van der Waals surface area contributed by atoms with Gasteiger partial charge in [0.25, 0.3) is 0 Å². The standard InChI is InChI=1S/C22H17F3N2O2S/c1-14-21(15-5-3-2-4-6-15)19-13-18(30(26,28)29)11-12-20(19)27(14)17-9-7-16(8-10-17)22(23,24)25/h2-13H,1H3,(H2,26,28,29). The van der Waals surface area contributed by atoms with Gasteiger partial charge in [-0.3, -0.25) is 0 Å². The van der Waals surface area contributed by atoms with Crippen LogP contribution in [0, 0.1) is 6.92 Å². The molecule has 0 bridgehead atoms. The third-order valence-corrected chi connectivity index (χ3v) is 5.93. The van der Waals surface area contributed by atoms with E-state index < -0.39 is 21.8 Å². The maximum absolute atomic E-state index is 13.0. The largest absolute Gasteiger partial charge is 0.416 e. The van der Waals surface area contributed by atoms with E-state index >= 15 is 0 Å². The van der Waals surface area contributed by atoms with E-state index in [1.54, 1.807) is 6.07 Å². The predicted molar refractivity (Wildman–Crippen MR) is 110 cm³/mol. The van der Waals surface area contributed by atoms with Crippen molar-refractivity contribution in [3.63, 3.8) is 0 Å². The lowest BCUT2D eigenvalue weighted by Gasteiger charge is -2.11. The fourth-order valence-electron chi connectivity index (χ4n) is 3.68. The van der Waals surface area contributed by atoms with Crippen molar-refractivity contribution >= 4 is 20.9 Å². The first kappa shape index (κ1) is 20.2. The molecule has 0 amide bonds. The van der Waals surface area contributed by atoms with Gasteiger partial charge < -0.3 is 4.57 Å². The minimum absolute atomic E-state index is 0.0308. The fraction of sp³-hybridized carbons (Fsp3) is 0.0909. The zero-order valence-electron chi connectivity index (χ0n) is 15.8. The number of nitrogens with two attached hydrogens (primary N) is 1. The van der Waals surface area contributed by atoms with Crippen LogP contribution >= 0.6 is 0 Å². The van der Waals surface area contributed by atoms with Crippen LogP contribution in [0.1, 0.15) is 11.3 Å².